The molecule has 1 aliphatic rings. The lowest BCUT2D eigenvalue weighted by Gasteiger charge is -2.24. The van der Waals surface area contributed by atoms with E-state index in [2.05, 4.69) is 17.4 Å². The average Bonchev–Trinajstić information content (AvgIpc) is 2.67. The largest absolute Gasteiger partial charge is 0.467 e. The van der Waals surface area contributed by atoms with Gasteiger partial charge in [0.2, 0.25) is 5.91 Å². The molecule has 0 unspecified atom stereocenters. The van der Waals surface area contributed by atoms with Crippen molar-refractivity contribution in [3.8, 4) is 0 Å². The van der Waals surface area contributed by atoms with E-state index in [0.29, 0.717) is 6.42 Å². The molecule has 1 amide bonds. The zero-order valence-electron chi connectivity index (χ0n) is 14.7. The minimum absolute atomic E-state index is 0.0177. The van der Waals surface area contributed by atoms with Gasteiger partial charge in [-0.05, 0) is 29.2 Å². The lowest BCUT2D eigenvalue weighted by molar-refractivity contribution is -0.145. The molecular formula is C21H25NO3. The smallest absolute Gasteiger partial charge is 0.328 e. The van der Waals surface area contributed by atoms with Gasteiger partial charge in [0.05, 0.1) is 7.11 Å². The number of methoxy groups -OCH3 is 1. The fourth-order valence-electron chi connectivity index (χ4n) is 3.59. The summed E-state index contributed by atoms with van der Waals surface area (Å²) >= 11 is 0. The van der Waals surface area contributed by atoms with Crippen molar-refractivity contribution in [1.82, 2.24) is 5.32 Å². The minimum Gasteiger partial charge on any atom is -0.467 e. The molecule has 3 rings (SSSR count). The molecular weight excluding hydrogens is 314 g/mol. The van der Waals surface area contributed by atoms with Gasteiger partial charge in [0.1, 0.15) is 6.04 Å². The number of carbonyl (C=O) groups excluding carboxylic acids is 2. The summed E-state index contributed by atoms with van der Waals surface area (Å²) in [4.78, 5) is 24.7. The molecule has 0 bridgehead atoms. The van der Waals surface area contributed by atoms with E-state index < -0.39 is 12.0 Å². The number of rotatable bonds is 5. The summed E-state index contributed by atoms with van der Waals surface area (Å²) in [6, 6.07) is 13.6. The molecule has 0 radical (unpaired) electrons. The maximum atomic E-state index is 12.5. The maximum Gasteiger partial charge on any atom is 0.328 e. The first-order chi connectivity index (χ1) is 12.2. The summed E-state index contributed by atoms with van der Waals surface area (Å²) in [7, 11) is 1.36. The van der Waals surface area contributed by atoms with E-state index in [-0.39, 0.29) is 11.8 Å². The Morgan fingerprint density at radius 2 is 1.80 bits per heavy atom. The Morgan fingerprint density at radius 3 is 2.52 bits per heavy atom. The third-order valence-electron chi connectivity index (χ3n) is 5.03. The summed E-state index contributed by atoms with van der Waals surface area (Å²) in [5.74, 6) is -0.384. The van der Waals surface area contributed by atoms with Gasteiger partial charge in [-0.3, -0.25) is 4.79 Å². The van der Waals surface area contributed by atoms with Crippen LogP contribution in [-0.4, -0.2) is 25.0 Å². The van der Waals surface area contributed by atoms with Crippen LogP contribution in [0.1, 0.15) is 37.7 Å². The lowest BCUT2D eigenvalue weighted by Crippen LogP contribution is -2.45. The molecule has 0 spiro atoms. The quantitative estimate of drug-likeness (QED) is 0.847. The fraction of sp³-hybridized carbons (Fsp3) is 0.429. The molecule has 4 nitrogen and oxygen atoms in total. The Balaban J connectivity index is 1.73. The van der Waals surface area contributed by atoms with E-state index in [1.54, 1.807) is 0 Å². The Morgan fingerprint density at radius 1 is 1.08 bits per heavy atom. The number of benzene rings is 2. The van der Waals surface area contributed by atoms with Gasteiger partial charge >= 0.3 is 5.97 Å². The summed E-state index contributed by atoms with van der Waals surface area (Å²) in [5.41, 5.74) is 1.01. The third kappa shape index (κ3) is 4.38. The average molecular weight is 339 g/mol. The van der Waals surface area contributed by atoms with Gasteiger partial charge in [0, 0.05) is 12.3 Å². The predicted octanol–water partition coefficient (Wildman–Crippen LogP) is 3.62. The molecule has 4 heteroatoms. The van der Waals surface area contributed by atoms with Crippen LogP contribution >= 0.6 is 0 Å². The highest BCUT2D eigenvalue weighted by Gasteiger charge is 2.27. The molecule has 0 aromatic heterocycles. The van der Waals surface area contributed by atoms with Crippen molar-refractivity contribution in [3.05, 3.63) is 48.0 Å². The first-order valence-corrected chi connectivity index (χ1v) is 9.03. The summed E-state index contributed by atoms with van der Waals surface area (Å²) in [5, 5.41) is 5.21. The van der Waals surface area contributed by atoms with Crippen LogP contribution < -0.4 is 5.32 Å². The molecule has 2 aromatic rings. The number of ether oxygens (including phenoxy) is 1. The molecule has 1 atom stereocenters. The predicted molar refractivity (Wildman–Crippen MR) is 98.2 cm³/mol. The maximum absolute atomic E-state index is 12.5. The molecule has 2 aromatic carbocycles. The van der Waals surface area contributed by atoms with Gasteiger partial charge in [0.25, 0.3) is 0 Å². The molecule has 1 fully saturated rings. The van der Waals surface area contributed by atoms with Crippen molar-refractivity contribution in [1.29, 1.82) is 0 Å². The van der Waals surface area contributed by atoms with Crippen molar-refractivity contribution in [3.63, 3.8) is 0 Å². The van der Waals surface area contributed by atoms with Crippen LogP contribution in [0.4, 0.5) is 0 Å². The van der Waals surface area contributed by atoms with Crippen LogP contribution in [0, 0.1) is 5.92 Å². The summed E-state index contributed by atoms with van der Waals surface area (Å²) < 4.78 is 4.91. The summed E-state index contributed by atoms with van der Waals surface area (Å²) in [6.07, 6.45) is 5.64. The third-order valence-corrected chi connectivity index (χ3v) is 5.03. The van der Waals surface area contributed by atoms with Crippen LogP contribution in [0.2, 0.25) is 0 Å². The highest BCUT2D eigenvalue weighted by atomic mass is 16.5. The van der Waals surface area contributed by atoms with Crippen molar-refractivity contribution < 1.29 is 14.3 Å². The highest BCUT2D eigenvalue weighted by molar-refractivity contribution is 5.86. The molecule has 1 N–H and O–H groups in total. The van der Waals surface area contributed by atoms with E-state index >= 15 is 0 Å². The Kier molecular flexibility index (Phi) is 5.69. The van der Waals surface area contributed by atoms with E-state index in [0.717, 1.165) is 42.0 Å². The van der Waals surface area contributed by atoms with Crippen molar-refractivity contribution in [2.45, 2.75) is 44.6 Å². The molecule has 1 aliphatic carbocycles. The van der Waals surface area contributed by atoms with Crippen LogP contribution in [-0.2, 0) is 20.7 Å². The number of carbonyl (C=O) groups is 2. The number of fused-ring (bicyclic) bond motifs is 1. The van der Waals surface area contributed by atoms with Crippen LogP contribution in [0.15, 0.2) is 42.5 Å². The van der Waals surface area contributed by atoms with Crippen molar-refractivity contribution in [2.24, 2.45) is 5.92 Å². The van der Waals surface area contributed by atoms with Crippen LogP contribution in [0.25, 0.3) is 10.8 Å². The second-order valence-electron chi connectivity index (χ2n) is 6.80. The zero-order chi connectivity index (χ0) is 17.6. The lowest BCUT2D eigenvalue weighted by atomic mass is 9.88. The molecule has 132 valence electrons. The zero-order valence-corrected chi connectivity index (χ0v) is 14.7. The molecule has 0 heterocycles. The SMILES string of the molecule is COC(=O)[C@@H](Cc1ccc2ccccc2c1)NC(=O)C1CCCCC1. The molecule has 0 aliphatic heterocycles. The Bertz CT molecular complexity index is 750. The second kappa shape index (κ2) is 8.15. The highest BCUT2D eigenvalue weighted by Crippen LogP contribution is 2.24. The fourth-order valence-corrected chi connectivity index (χ4v) is 3.59. The number of hydrogen-bond donors (Lipinski definition) is 1. The number of nitrogens with one attached hydrogen (secondary N) is 1. The van der Waals surface area contributed by atoms with Gasteiger partial charge in [-0.2, -0.15) is 0 Å². The standard InChI is InChI=1S/C21H25NO3/c1-25-21(24)19(22-20(23)17-8-3-2-4-9-17)14-15-11-12-16-7-5-6-10-18(16)13-15/h5-7,10-13,17,19H,2-4,8-9,14H2,1H3,(H,22,23)/t19-/m1/s1. The first-order valence-electron chi connectivity index (χ1n) is 9.03. The van der Waals surface area contributed by atoms with Gasteiger partial charge in [-0.25, -0.2) is 4.79 Å². The molecule has 0 saturated heterocycles. The van der Waals surface area contributed by atoms with E-state index in [1.165, 1.54) is 13.5 Å². The van der Waals surface area contributed by atoms with Crippen LogP contribution in [0.3, 0.4) is 0 Å². The van der Waals surface area contributed by atoms with Gasteiger partial charge in [0.15, 0.2) is 0 Å². The Labute approximate surface area is 148 Å². The Hall–Kier alpha value is -2.36. The summed E-state index contributed by atoms with van der Waals surface area (Å²) in [6.45, 7) is 0. The topological polar surface area (TPSA) is 55.4 Å². The number of esters is 1. The number of hydrogen-bond acceptors (Lipinski definition) is 3. The second-order valence-corrected chi connectivity index (χ2v) is 6.80. The van der Waals surface area contributed by atoms with E-state index in [9.17, 15) is 9.59 Å². The molecule has 1 saturated carbocycles. The van der Waals surface area contributed by atoms with E-state index in [1.807, 2.05) is 30.3 Å². The normalized spacial score (nSPS) is 16.4. The number of amides is 1. The monoisotopic (exact) mass is 339 g/mol. The molecule has 25 heavy (non-hydrogen) atoms. The van der Waals surface area contributed by atoms with E-state index in [4.69, 9.17) is 4.74 Å². The van der Waals surface area contributed by atoms with Gasteiger partial charge < -0.3 is 10.1 Å². The minimum atomic E-state index is -0.638. The van der Waals surface area contributed by atoms with Crippen molar-refractivity contribution in [2.75, 3.05) is 7.11 Å². The van der Waals surface area contributed by atoms with Crippen LogP contribution in [0.5, 0.6) is 0 Å². The first kappa shape index (κ1) is 17.5. The van der Waals surface area contributed by atoms with Crippen molar-refractivity contribution >= 4 is 22.6 Å². The van der Waals surface area contributed by atoms with Gasteiger partial charge in [-0.1, -0.05) is 61.7 Å². The van der Waals surface area contributed by atoms with Gasteiger partial charge in [-0.15, -0.1) is 0 Å².